The van der Waals surface area contributed by atoms with Gasteiger partial charge in [-0.05, 0) is 28.9 Å². The predicted octanol–water partition coefficient (Wildman–Crippen LogP) is 3.69. The molecule has 0 aliphatic rings. The Morgan fingerprint density at radius 1 is 1.57 bits per heavy atom. The predicted molar refractivity (Wildman–Crippen MR) is 63.8 cm³/mol. The summed E-state index contributed by atoms with van der Waals surface area (Å²) in [5.74, 6) is 0. The summed E-state index contributed by atoms with van der Waals surface area (Å²) < 4.78 is 1.08. The van der Waals surface area contributed by atoms with Crippen LogP contribution in [0.4, 0.5) is 0 Å². The van der Waals surface area contributed by atoms with E-state index < -0.39 is 6.10 Å². The van der Waals surface area contributed by atoms with Gasteiger partial charge in [-0.15, -0.1) is 22.7 Å². The third kappa shape index (κ3) is 2.06. The second kappa shape index (κ2) is 4.10. The van der Waals surface area contributed by atoms with Crippen LogP contribution in [-0.4, -0.2) is 10.1 Å². The van der Waals surface area contributed by atoms with Gasteiger partial charge < -0.3 is 5.11 Å². The maximum atomic E-state index is 9.35. The van der Waals surface area contributed by atoms with Crippen LogP contribution < -0.4 is 0 Å². The van der Waals surface area contributed by atoms with Crippen molar-refractivity contribution in [2.45, 2.75) is 13.0 Å². The molecule has 0 radical (unpaired) electrons. The van der Waals surface area contributed by atoms with E-state index in [9.17, 15) is 5.11 Å². The van der Waals surface area contributed by atoms with Gasteiger partial charge in [0.25, 0.3) is 0 Å². The van der Waals surface area contributed by atoms with Crippen molar-refractivity contribution in [3.8, 4) is 9.88 Å². The van der Waals surface area contributed by atoms with E-state index in [-0.39, 0.29) is 0 Å². The molecule has 0 aliphatic heterocycles. The molecule has 14 heavy (non-hydrogen) atoms. The number of thiophene rings is 1. The molecule has 2 nitrogen and oxygen atoms in total. The molecule has 1 atom stereocenters. The molecule has 0 bridgehead atoms. The van der Waals surface area contributed by atoms with E-state index in [0.29, 0.717) is 0 Å². The summed E-state index contributed by atoms with van der Waals surface area (Å²) in [6.07, 6.45) is 1.31. The Bertz CT molecular complexity index is 435. The van der Waals surface area contributed by atoms with E-state index in [0.717, 1.165) is 19.2 Å². The molecule has 1 unspecified atom stereocenters. The first-order valence-electron chi connectivity index (χ1n) is 4.05. The van der Waals surface area contributed by atoms with Gasteiger partial charge in [-0.25, -0.2) is 4.98 Å². The lowest BCUT2D eigenvalue weighted by atomic mass is 10.4. The van der Waals surface area contributed by atoms with E-state index in [2.05, 4.69) is 20.9 Å². The molecule has 2 aromatic heterocycles. The van der Waals surface area contributed by atoms with Crippen LogP contribution >= 0.6 is 38.6 Å². The largest absolute Gasteiger partial charge is 0.388 e. The van der Waals surface area contributed by atoms with Crippen LogP contribution in [0.5, 0.6) is 0 Å². The molecule has 0 saturated heterocycles. The van der Waals surface area contributed by atoms with Crippen molar-refractivity contribution in [2.75, 3.05) is 0 Å². The Labute approximate surface area is 98.4 Å². The fourth-order valence-electron chi connectivity index (χ4n) is 1.02. The highest BCUT2D eigenvalue weighted by Crippen LogP contribution is 2.34. The maximum absolute atomic E-state index is 9.35. The van der Waals surface area contributed by atoms with Crippen molar-refractivity contribution in [3.05, 3.63) is 27.0 Å². The van der Waals surface area contributed by atoms with Crippen molar-refractivity contribution in [3.63, 3.8) is 0 Å². The standard InChI is InChI=1S/C9H8BrNOS2/c1-5(12)8-3-11-9(14-8)7-2-6(10)4-13-7/h2-5,12H,1H3. The summed E-state index contributed by atoms with van der Waals surface area (Å²) in [6.45, 7) is 1.75. The van der Waals surface area contributed by atoms with Crippen LogP contribution in [0.2, 0.25) is 0 Å². The molecular formula is C9H8BrNOS2. The summed E-state index contributed by atoms with van der Waals surface area (Å²) in [5, 5.41) is 12.3. The number of rotatable bonds is 2. The van der Waals surface area contributed by atoms with Gasteiger partial charge >= 0.3 is 0 Å². The average Bonchev–Trinajstić information content (AvgIpc) is 2.70. The Kier molecular flexibility index (Phi) is 3.02. The van der Waals surface area contributed by atoms with Crippen molar-refractivity contribution >= 4 is 38.6 Å². The van der Waals surface area contributed by atoms with Gasteiger partial charge in [-0.1, -0.05) is 0 Å². The number of nitrogens with zero attached hydrogens (tertiary/aromatic N) is 1. The van der Waals surface area contributed by atoms with Crippen molar-refractivity contribution < 1.29 is 5.11 Å². The molecule has 2 heterocycles. The number of aromatic nitrogens is 1. The van der Waals surface area contributed by atoms with Crippen LogP contribution in [-0.2, 0) is 0 Å². The minimum atomic E-state index is -0.426. The Hall–Kier alpha value is -0.230. The minimum absolute atomic E-state index is 0.426. The number of thiazole rings is 1. The lowest BCUT2D eigenvalue weighted by Gasteiger charge is -1.95. The first-order valence-corrected chi connectivity index (χ1v) is 6.54. The second-order valence-electron chi connectivity index (χ2n) is 2.87. The van der Waals surface area contributed by atoms with Crippen molar-refractivity contribution in [2.24, 2.45) is 0 Å². The number of hydrogen-bond donors (Lipinski definition) is 1. The van der Waals surface area contributed by atoms with Gasteiger partial charge in [0.2, 0.25) is 0 Å². The van der Waals surface area contributed by atoms with E-state index in [1.807, 2.05) is 11.4 Å². The summed E-state index contributed by atoms with van der Waals surface area (Å²) in [5.41, 5.74) is 0. The van der Waals surface area contributed by atoms with Gasteiger partial charge in [0.15, 0.2) is 0 Å². The van der Waals surface area contributed by atoms with E-state index >= 15 is 0 Å². The molecule has 1 N–H and O–H groups in total. The third-order valence-corrected chi connectivity index (χ3v) is 4.74. The van der Waals surface area contributed by atoms with Gasteiger partial charge in [-0.3, -0.25) is 0 Å². The molecule has 0 aliphatic carbocycles. The average molecular weight is 290 g/mol. The summed E-state index contributed by atoms with van der Waals surface area (Å²) in [4.78, 5) is 6.31. The summed E-state index contributed by atoms with van der Waals surface area (Å²) in [7, 11) is 0. The van der Waals surface area contributed by atoms with E-state index in [1.54, 1.807) is 24.5 Å². The number of halogens is 1. The number of aliphatic hydroxyl groups excluding tert-OH is 1. The fourth-order valence-corrected chi connectivity index (χ4v) is 3.37. The Balaban J connectivity index is 2.33. The maximum Gasteiger partial charge on any atom is 0.133 e. The van der Waals surface area contributed by atoms with Crippen molar-refractivity contribution in [1.29, 1.82) is 0 Å². The molecule has 2 aromatic rings. The second-order valence-corrected chi connectivity index (χ2v) is 5.76. The molecule has 0 saturated carbocycles. The van der Waals surface area contributed by atoms with E-state index in [4.69, 9.17) is 0 Å². The third-order valence-electron chi connectivity index (χ3n) is 1.71. The Morgan fingerprint density at radius 3 is 2.86 bits per heavy atom. The minimum Gasteiger partial charge on any atom is -0.388 e. The van der Waals surface area contributed by atoms with Crippen LogP contribution in [0.3, 0.4) is 0 Å². The zero-order valence-electron chi connectivity index (χ0n) is 7.40. The summed E-state index contributed by atoms with van der Waals surface area (Å²) >= 11 is 6.59. The smallest absolute Gasteiger partial charge is 0.133 e. The van der Waals surface area contributed by atoms with E-state index in [1.165, 1.54) is 11.3 Å². The lowest BCUT2D eigenvalue weighted by molar-refractivity contribution is 0.203. The zero-order chi connectivity index (χ0) is 10.1. The molecule has 0 spiro atoms. The first-order chi connectivity index (χ1) is 6.66. The quantitative estimate of drug-likeness (QED) is 0.915. The molecule has 5 heteroatoms. The summed E-state index contributed by atoms with van der Waals surface area (Å²) in [6, 6.07) is 2.04. The van der Waals surface area contributed by atoms with Crippen LogP contribution in [0.25, 0.3) is 9.88 Å². The van der Waals surface area contributed by atoms with Gasteiger partial charge in [0, 0.05) is 16.0 Å². The SMILES string of the molecule is CC(O)c1cnc(-c2cc(Br)cs2)s1. The van der Waals surface area contributed by atoms with Gasteiger partial charge in [0.05, 0.1) is 15.9 Å². The van der Waals surface area contributed by atoms with Crippen LogP contribution in [0.15, 0.2) is 22.1 Å². The number of hydrogen-bond acceptors (Lipinski definition) is 4. The molecule has 0 amide bonds. The monoisotopic (exact) mass is 289 g/mol. The molecule has 2 rings (SSSR count). The molecule has 0 fully saturated rings. The van der Waals surface area contributed by atoms with Crippen LogP contribution in [0, 0.1) is 0 Å². The van der Waals surface area contributed by atoms with Gasteiger partial charge in [-0.2, -0.15) is 0 Å². The lowest BCUT2D eigenvalue weighted by Crippen LogP contribution is -1.83. The number of aliphatic hydroxyl groups is 1. The topological polar surface area (TPSA) is 33.1 Å². The normalized spacial score (nSPS) is 13.1. The highest BCUT2D eigenvalue weighted by Gasteiger charge is 2.09. The molecular weight excluding hydrogens is 282 g/mol. The zero-order valence-corrected chi connectivity index (χ0v) is 10.6. The highest BCUT2D eigenvalue weighted by molar-refractivity contribution is 9.10. The highest BCUT2D eigenvalue weighted by atomic mass is 79.9. The van der Waals surface area contributed by atoms with Gasteiger partial charge in [0.1, 0.15) is 5.01 Å². The first kappa shape index (κ1) is 10.3. The fraction of sp³-hybridized carbons (Fsp3) is 0.222. The Morgan fingerprint density at radius 2 is 2.36 bits per heavy atom. The molecule has 74 valence electrons. The van der Waals surface area contributed by atoms with Crippen LogP contribution in [0.1, 0.15) is 17.9 Å². The van der Waals surface area contributed by atoms with Crippen molar-refractivity contribution in [1.82, 2.24) is 4.98 Å². The molecule has 0 aromatic carbocycles.